The van der Waals surface area contributed by atoms with Crippen LogP contribution in [0.25, 0.3) is 0 Å². The van der Waals surface area contributed by atoms with Crippen LogP contribution in [0.5, 0.6) is 11.5 Å². The fourth-order valence-corrected chi connectivity index (χ4v) is 2.81. The van der Waals surface area contributed by atoms with Crippen LogP contribution in [0.3, 0.4) is 0 Å². The van der Waals surface area contributed by atoms with Gasteiger partial charge in [-0.15, -0.1) is 0 Å². The average molecular weight is 480 g/mol. The van der Waals surface area contributed by atoms with Crippen molar-refractivity contribution >= 4 is 23.9 Å². The molecule has 0 aromatic heterocycles. The van der Waals surface area contributed by atoms with Gasteiger partial charge in [-0.2, -0.15) is 0 Å². The molecule has 9 nitrogen and oxygen atoms in total. The van der Waals surface area contributed by atoms with Crippen molar-refractivity contribution in [1.29, 1.82) is 0 Å². The van der Waals surface area contributed by atoms with E-state index in [1.807, 2.05) is 13.8 Å². The van der Waals surface area contributed by atoms with Crippen molar-refractivity contribution < 1.29 is 38.1 Å². The fourth-order valence-electron chi connectivity index (χ4n) is 2.81. The predicted molar refractivity (Wildman–Crippen MR) is 125 cm³/mol. The molecule has 0 aliphatic rings. The number of carbonyl (C=O) groups excluding carboxylic acids is 4. The van der Waals surface area contributed by atoms with E-state index in [1.165, 1.54) is 13.2 Å². The first-order valence-electron chi connectivity index (χ1n) is 11.5. The summed E-state index contributed by atoms with van der Waals surface area (Å²) in [5.41, 5.74) is 0.0413. The van der Waals surface area contributed by atoms with E-state index in [2.05, 4.69) is 5.32 Å². The summed E-state index contributed by atoms with van der Waals surface area (Å²) in [5, 5.41) is 3.02. The van der Waals surface area contributed by atoms with E-state index < -0.39 is 29.4 Å². The van der Waals surface area contributed by atoms with Crippen LogP contribution in [0.4, 0.5) is 0 Å². The Bertz CT molecular complexity index is 844. The highest BCUT2D eigenvalue weighted by Crippen LogP contribution is 2.30. The number of hydrogen-bond donors (Lipinski definition) is 1. The fraction of sp³-hybridized carbons (Fsp3) is 0.600. The molecule has 1 aromatic carbocycles. The Morgan fingerprint density at radius 1 is 0.941 bits per heavy atom. The summed E-state index contributed by atoms with van der Waals surface area (Å²) in [6, 6.07) is 4.06. The molecule has 0 radical (unpaired) electrons. The molecule has 0 aliphatic heterocycles. The van der Waals surface area contributed by atoms with Crippen LogP contribution in [-0.4, -0.2) is 50.2 Å². The van der Waals surface area contributed by atoms with Crippen molar-refractivity contribution in [3.63, 3.8) is 0 Å². The van der Waals surface area contributed by atoms with Gasteiger partial charge in [-0.1, -0.05) is 19.9 Å². The Hall–Kier alpha value is -2.94. The number of methoxy groups -OCH3 is 1. The molecule has 0 amide bonds. The van der Waals surface area contributed by atoms with Crippen LogP contribution in [0.15, 0.2) is 18.2 Å². The molecule has 0 unspecified atom stereocenters. The normalized spacial score (nSPS) is 11.9. The summed E-state index contributed by atoms with van der Waals surface area (Å²) < 4.78 is 20.9. The molecule has 0 spiro atoms. The van der Waals surface area contributed by atoms with Crippen molar-refractivity contribution in [2.75, 3.05) is 20.3 Å². The number of nitrogens with one attached hydrogen (secondary N) is 1. The van der Waals surface area contributed by atoms with E-state index in [1.54, 1.807) is 32.9 Å². The second-order valence-corrected chi connectivity index (χ2v) is 8.85. The Morgan fingerprint density at radius 3 is 2.06 bits per heavy atom. The molecule has 1 rings (SSSR count). The van der Waals surface area contributed by atoms with E-state index in [9.17, 15) is 19.2 Å². The molecule has 1 N–H and O–H groups in total. The van der Waals surface area contributed by atoms with E-state index in [0.29, 0.717) is 18.4 Å². The molecule has 1 atom stereocenters. The zero-order valence-corrected chi connectivity index (χ0v) is 21.0. The van der Waals surface area contributed by atoms with Gasteiger partial charge >= 0.3 is 23.9 Å². The maximum absolute atomic E-state index is 12.3. The maximum atomic E-state index is 12.3. The molecule has 0 aliphatic carbocycles. The SMILES string of the molecule is CCCC(=O)Oc1ccc(C[C@H](NCCOC(=O)C(C)(C)C)C(=O)OC)cc1OC(=O)CCC. The Labute approximate surface area is 201 Å². The third-order valence-corrected chi connectivity index (χ3v) is 4.63. The highest BCUT2D eigenvalue weighted by atomic mass is 16.6. The maximum Gasteiger partial charge on any atom is 0.323 e. The second kappa shape index (κ2) is 14.3. The van der Waals surface area contributed by atoms with Crippen molar-refractivity contribution in [2.45, 2.75) is 72.8 Å². The van der Waals surface area contributed by atoms with Crippen LogP contribution < -0.4 is 14.8 Å². The van der Waals surface area contributed by atoms with Crippen LogP contribution in [0, 0.1) is 5.41 Å². The van der Waals surface area contributed by atoms with E-state index in [-0.39, 0.29) is 49.9 Å². The molecule has 1 aromatic rings. The summed E-state index contributed by atoms with van der Waals surface area (Å²) in [7, 11) is 1.28. The zero-order valence-electron chi connectivity index (χ0n) is 21.0. The van der Waals surface area contributed by atoms with Gasteiger partial charge in [0.2, 0.25) is 0 Å². The minimum absolute atomic E-state index is 0.0931. The van der Waals surface area contributed by atoms with Gasteiger partial charge in [-0.05, 0) is 57.7 Å². The number of ether oxygens (including phenoxy) is 4. The molecule has 0 fully saturated rings. The second-order valence-electron chi connectivity index (χ2n) is 8.85. The summed E-state index contributed by atoms with van der Waals surface area (Å²) in [4.78, 5) is 48.2. The average Bonchev–Trinajstić information content (AvgIpc) is 2.76. The highest BCUT2D eigenvalue weighted by Gasteiger charge is 2.24. The highest BCUT2D eigenvalue weighted by molar-refractivity contribution is 5.77. The summed E-state index contributed by atoms with van der Waals surface area (Å²) >= 11 is 0. The van der Waals surface area contributed by atoms with E-state index >= 15 is 0 Å². The third kappa shape index (κ3) is 10.3. The van der Waals surface area contributed by atoms with Crippen LogP contribution in [-0.2, 0) is 35.1 Å². The minimum Gasteiger partial charge on any atom is -0.468 e. The lowest BCUT2D eigenvalue weighted by atomic mass is 9.97. The zero-order chi connectivity index (χ0) is 25.7. The molecule has 190 valence electrons. The monoisotopic (exact) mass is 479 g/mol. The summed E-state index contributed by atoms with van der Waals surface area (Å²) in [5.74, 6) is -1.45. The number of carbonyl (C=O) groups is 4. The lowest BCUT2D eigenvalue weighted by molar-refractivity contribution is -0.152. The Kier molecular flexibility index (Phi) is 12.3. The first-order valence-corrected chi connectivity index (χ1v) is 11.5. The van der Waals surface area contributed by atoms with Gasteiger partial charge < -0.3 is 24.3 Å². The molecular formula is C25H37NO8. The number of esters is 4. The molecule has 0 saturated carbocycles. The van der Waals surface area contributed by atoms with Gasteiger partial charge in [0.1, 0.15) is 12.6 Å². The van der Waals surface area contributed by atoms with Gasteiger partial charge in [-0.3, -0.25) is 19.2 Å². The summed E-state index contributed by atoms with van der Waals surface area (Å²) in [6.07, 6.45) is 1.89. The van der Waals surface area contributed by atoms with Crippen molar-refractivity contribution in [2.24, 2.45) is 5.41 Å². The van der Waals surface area contributed by atoms with E-state index in [4.69, 9.17) is 18.9 Å². The van der Waals surface area contributed by atoms with Crippen LogP contribution in [0.2, 0.25) is 0 Å². The lowest BCUT2D eigenvalue weighted by Crippen LogP contribution is -2.41. The van der Waals surface area contributed by atoms with Gasteiger partial charge in [0.25, 0.3) is 0 Å². The quantitative estimate of drug-likeness (QED) is 0.258. The first-order chi connectivity index (χ1) is 16.0. The summed E-state index contributed by atoms with van der Waals surface area (Å²) in [6.45, 7) is 9.32. The van der Waals surface area contributed by atoms with Gasteiger partial charge in [0.15, 0.2) is 11.5 Å². The number of hydrogen-bond acceptors (Lipinski definition) is 9. The minimum atomic E-state index is -0.731. The lowest BCUT2D eigenvalue weighted by Gasteiger charge is -2.19. The first kappa shape index (κ1) is 29.1. The molecule has 0 heterocycles. The molecule has 0 bridgehead atoms. The van der Waals surface area contributed by atoms with Crippen molar-refractivity contribution in [1.82, 2.24) is 5.32 Å². The van der Waals surface area contributed by atoms with Crippen LogP contribution in [0.1, 0.15) is 65.9 Å². The number of benzene rings is 1. The molecular weight excluding hydrogens is 442 g/mol. The Balaban J connectivity index is 2.96. The van der Waals surface area contributed by atoms with Crippen molar-refractivity contribution in [3.8, 4) is 11.5 Å². The molecule has 0 saturated heterocycles. The van der Waals surface area contributed by atoms with Gasteiger partial charge in [-0.25, -0.2) is 0 Å². The van der Waals surface area contributed by atoms with Gasteiger partial charge in [0, 0.05) is 19.4 Å². The topological polar surface area (TPSA) is 117 Å². The number of rotatable bonds is 13. The third-order valence-electron chi connectivity index (χ3n) is 4.63. The molecule has 34 heavy (non-hydrogen) atoms. The van der Waals surface area contributed by atoms with Crippen LogP contribution >= 0.6 is 0 Å². The van der Waals surface area contributed by atoms with Gasteiger partial charge in [0.05, 0.1) is 12.5 Å². The van der Waals surface area contributed by atoms with E-state index in [0.717, 1.165) is 0 Å². The largest absolute Gasteiger partial charge is 0.468 e. The smallest absolute Gasteiger partial charge is 0.323 e. The van der Waals surface area contributed by atoms with Crippen molar-refractivity contribution in [3.05, 3.63) is 23.8 Å². The Morgan fingerprint density at radius 2 is 1.53 bits per heavy atom. The molecule has 9 heteroatoms. The standard InChI is InChI=1S/C25H37NO8/c1-7-9-21(27)33-19-12-11-17(16-20(19)34-22(28)10-8-2)15-18(23(29)31-6)26-13-14-32-24(30)25(3,4)5/h11-12,16,18,26H,7-10,13-15H2,1-6H3/t18-/m0/s1. The predicted octanol–water partition coefficient (Wildman–Crippen LogP) is 3.36.